The Morgan fingerprint density at radius 3 is 2.54 bits per heavy atom. The normalized spacial score (nSPS) is 15.9. The molecule has 39 heavy (non-hydrogen) atoms. The van der Waals surface area contributed by atoms with Gasteiger partial charge in [0.1, 0.15) is 18.3 Å². The minimum absolute atomic E-state index is 0.0418. The van der Waals surface area contributed by atoms with Crippen LogP contribution < -0.4 is 23.8 Å². The number of carbonyl (C=O) groups excluding carboxylic acids is 2. The minimum atomic E-state index is -3.84. The lowest BCUT2D eigenvalue weighted by Crippen LogP contribution is -2.53. The van der Waals surface area contributed by atoms with Gasteiger partial charge >= 0.3 is 0 Å². The van der Waals surface area contributed by atoms with Crippen molar-refractivity contribution < 1.29 is 32.2 Å². The van der Waals surface area contributed by atoms with E-state index in [9.17, 15) is 18.0 Å². The number of hydrogen-bond acceptors (Lipinski definition) is 7. The summed E-state index contributed by atoms with van der Waals surface area (Å²) in [5.74, 6) is 0.568. The highest BCUT2D eigenvalue weighted by molar-refractivity contribution is 7.92. The van der Waals surface area contributed by atoms with Gasteiger partial charge in [0, 0.05) is 18.7 Å². The van der Waals surface area contributed by atoms with Gasteiger partial charge in [-0.05, 0) is 56.5 Å². The van der Waals surface area contributed by atoms with Crippen molar-refractivity contribution in [3.05, 3.63) is 48.0 Å². The second-order valence-corrected chi connectivity index (χ2v) is 12.0. The van der Waals surface area contributed by atoms with Crippen molar-refractivity contribution in [1.82, 2.24) is 10.2 Å². The summed E-state index contributed by atoms with van der Waals surface area (Å²) in [6, 6.07) is 11.2. The lowest BCUT2D eigenvalue weighted by molar-refractivity contribution is -0.139. The molecule has 1 aliphatic heterocycles. The molecule has 212 valence electrons. The van der Waals surface area contributed by atoms with E-state index in [2.05, 4.69) is 5.32 Å². The number of methoxy groups -OCH3 is 1. The van der Waals surface area contributed by atoms with Gasteiger partial charge in [0.15, 0.2) is 11.5 Å². The van der Waals surface area contributed by atoms with Crippen molar-refractivity contribution in [2.24, 2.45) is 0 Å². The number of anilines is 1. The molecular weight excluding hydrogens is 522 g/mol. The molecule has 0 spiro atoms. The molecule has 1 N–H and O–H groups in total. The Bertz CT molecular complexity index is 1280. The molecule has 1 atom stereocenters. The van der Waals surface area contributed by atoms with Gasteiger partial charge in [-0.3, -0.25) is 13.9 Å². The van der Waals surface area contributed by atoms with Crippen molar-refractivity contribution in [2.75, 3.05) is 30.5 Å². The first-order valence-electron chi connectivity index (χ1n) is 13.3. The van der Waals surface area contributed by atoms with E-state index >= 15 is 0 Å². The van der Waals surface area contributed by atoms with Crippen LogP contribution in [0.4, 0.5) is 5.69 Å². The summed E-state index contributed by atoms with van der Waals surface area (Å²) in [5.41, 5.74) is 1.04. The van der Waals surface area contributed by atoms with Crippen LogP contribution in [0.5, 0.6) is 17.2 Å². The molecule has 0 unspecified atom stereocenters. The number of sulfonamides is 1. The molecule has 1 fully saturated rings. The third-order valence-electron chi connectivity index (χ3n) is 7.23. The van der Waals surface area contributed by atoms with Crippen molar-refractivity contribution in [1.29, 1.82) is 0 Å². The molecule has 11 heteroatoms. The van der Waals surface area contributed by atoms with Crippen LogP contribution in [-0.4, -0.2) is 63.4 Å². The zero-order chi connectivity index (χ0) is 28.0. The predicted octanol–water partition coefficient (Wildman–Crippen LogP) is 3.45. The highest BCUT2D eigenvalue weighted by Gasteiger charge is 2.32. The van der Waals surface area contributed by atoms with Crippen LogP contribution in [0.25, 0.3) is 0 Å². The number of nitrogens with zero attached hydrogens (tertiary/aromatic N) is 2. The van der Waals surface area contributed by atoms with E-state index in [0.717, 1.165) is 42.0 Å². The Labute approximate surface area is 230 Å². The highest BCUT2D eigenvalue weighted by atomic mass is 32.2. The molecule has 0 radical (unpaired) electrons. The van der Waals surface area contributed by atoms with E-state index in [1.807, 2.05) is 12.1 Å². The molecule has 2 aromatic rings. The van der Waals surface area contributed by atoms with Gasteiger partial charge in [0.05, 0.1) is 18.6 Å². The monoisotopic (exact) mass is 559 g/mol. The fourth-order valence-corrected chi connectivity index (χ4v) is 5.93. The standard InChI is InChI=1S/C28H37N3O7S/c1-4-39(34,35)31(23-13-14-25-26(16-23)38-19-37-25)18-27(32)30(17-21-9-8-12-24(15-21)36-3)20(2)28(33)29-22-10-6-5-7-11-22/h8-9,12-16,20,22H,4-7,10-11,17-19H2,1-3H3,(H,29,33)/t20-/m0/s1. The summed E-state index contributed by atoms with van der Waals surface area (Å²) in [5, 5.41) is 3.10. The van der Waals surface area contributed by atoms with E-state index in [0.29, 0.717) is 17.2 Å². The molecule has 4 rings (SSSR count). The maximum atomic E-state index is 13.9. The largest absolute Gasteiger partial charge is 0.497 e. The molecule has 2 aromatic carbocycles. The lowest BCUT2D eigenvalue weighted by Gasteiger charge is -2.33. The minimum Gasteiger partial charge on any atom is -0.497 e. The zero-order valence-electron chi connectivity index (χ0n) is 22.7. The maximum absolute atomic E-state index is 13.9. The Balaban J connectivity index is 1.61. The number of benzene rings is 2. The molecule has 2 aliphatic rings. The number of nitrogens with one attached hydrogen (secondary N) is 1. The first-order valence-corrected chi connectivity index (χ1v) is 15.0. The second-order valence-electron chi connectivity index (χ2n) is 9.84. The molecular formula is C28H37N3O7S. The number of ether oxygens (including phenoxy) is 3. The third kappa shape index (κ3) is 6.95. The van der Waals surface area contributed by atoms with Gasteiger partial charge < -0.3 is 24.4 Å². The molecule has 0 aromatic heterocycles. The average Bonchev–Trinajstić information content (AvgIpc) is 3.42. The van der Waals surface area contributed by atoms with E-state index in [1.165, 1.54) is 11.8 Å². The van der Waals surface area contributed by atoms with Crippen molar-refractivity contribution >= 4 is 27.5 Å². The number of hydrogen-bond donors (Lipinski definition) is 1. The SMILES string of the molecule is CCS(=O)(=O)N(CC(=O)N(Cc1cccc(OC)c1)[C@@H](C)C(=O)NC1CCCCC1)c1ccc2c(c1)OCO2. The Hall–Kier alpha value is -3.47. The van der Waals surface area contributed by atoms with Crippen molar-refractivity contribution in [3.8, 4) is 17.2 Å². The summed E-state index contributed by atoms with van der Waals surface area (Å²) in [4.78, 5) is 28.6. The topological polar surface area (TPSA) is 114 Å². The van der Waals surface area contributed by atoms with E-state index < -0.39 is 28.5 Å². The Kier molecular flexibility index (Phi) is 9.21. The Morgan fingerprint density at radius 1 is 1.08 bits per heavy atom. The molecule has 0 saturated heterocycles. The molecule has 1 heterocycles. The second kappa shape index (κ2) is 12.6. The van der Waals surface area contributed by atoms with Crippen LogP contribution in [-0.2, 0) is 26.2 Å². The number of amides is 2. The van der Waals surface area contributed by atoms with Crippen molar-refractivity contribution in [2.45, 2.75) is 64.6 Å². The summed E-state index contributed by atoms with van der Waals surface area (Å²) in [7, 11) is -2.29. The summed E-state index contributed by atoms with van der Waals surface area (Å²) in [6.45, 7) is 2.88. The summed E-state index contributed by atoms with van der Waals surface area (Å²) in [6.07, 6.45) is 5.10. The fraction of sp³-hybridized carbons (Fsp3) is 0.500. The quantitative estimate of drug-likeness (QED) is 0.449. The first-order chi connectivity index (χ1) is 18.7. The smallest absolute Gasteiger partial charge is 0.244 e. The fourth-order valence-electron chi connectivity index (χ4n) is 4.88. The maximum Gasteiger partial charge on any atom is 0.244 e. The number of fused-ring (bicyclic) bond motifs is 1. The van der Waals surface area contributed by atoms with Crippen LogP contribution in [0, 0.1) is 0 Å². The van der Waals surface area contributed by atoms with E-state index in [-0.39, 0.29) is 36.7 Å². The van der Waals surface area contributed by atoms with Crippen LogP contribution in [0.1, 0.15) is 51.5 Å². The third-order valence-corrected chi connectivity index (χ3v) is 8.97. The van der Waals surface area contributed by atoms with E-state index in [1.54, 1.807) is 44.4 Å². The van der Waals surface area contributed by atoms with Gasteiger partial charge in [-0.2, -0.15) is 0 Å². The first kappa shape index (κ1) is 28.5. The summed E-state index contributed by atoms with van der Waals surface area (Å²) < 4.78 is 43.5. The van der Waals surface area contributed by atoms with E-state index in [4.69, 9.17) is 14.2 Å². The molecule has 0 bridgehead atoms. The number of rotatable bonds is 11. The van der Waals surface area contributed by atoms with Crippen LogP contribution in [0.2, 0.25) is 0 Å². The van der Waals surface area contributed by atoms with Gasteiger partial charge in [-0.25, -0.2) is 8.42 Å². The lowest BCUT2D eigenvalue weighted by atomic mass is 9.95. The van der Waals surface area contributed by atoms with Crippen LogP contribution in [0.15, 0.2) is 42.5 Å². The van der Waals surface area contributed by atoms with Gasteiger partial charge in [0.25, 0.3) is 0 Å². The number of carbonyl (C=O) groups is 2. The molecule has 1 saturated carbocycles. The van der Waals surface area contributed by atoms with Crippen LogP contribution >= 0.6 is 0 Å². The van der Waals surface area contributed by atoms with Gasteiger partial charge in [0.2, 0.25) is 28.6 Å². The average molecular weight is 560 g/mol. The highest BCUT2D eigenvalue weighted by Crippen LogP contribution is 2.36. The molecule has 10 nitrogen and oxygen atoms in total. The van der Waals surface area contributed by atoms with Gasteiger partial charge in [-0.1, -0.05) is 31.4 Å². The Morgan fingerprint density at radius 2 is 1.82 bits per heavy atom. The van der Waals surface area contributed by atoms with Gasteiger partial charge in [-0.15, -0.1) is 0 Å². The molecule has 1 aliphatic carbocycles. The zero-order valence-corrected chi connectivity index (χ0v) is 23.5. The molecule has 2 amide bonds. The predicted molar refractivity (Wildman–Crippen MR) is 147 cm³/mol. The van der Waals surface area contributed by atoms with Crippen LogP contribution in [0.3, 0.4) is 0 Å². The van der Waals surface area contributed by atoms with Crippen molar-refractivity contribution in [3.63, 3.8) is 0 Å². The summed E-state index contributed by atoms with van der Waals surface area (Å²) >= 11 is 0.